The molecular weight excluding hydrogens is 316 g/mol. The lowest BCUT2D eigenvalue weighted by molar-refractivity contribution is -0.117. The number of carbonyl (C=O) groups excluding carboxylic acids is 1. The summed E-state index contributed by atoms with van der Waals surface area (Å²) >= 11 is 0. The fraction of sp³-hybridized carbons (Fsp3) is 0.368. The molecule has 0 unspecified atom stereocenters. The van der Waals surface area contributed by atoms with Crippen molar-refractivity contribution in [2.45, 2.75) is 18.9 Å². The molecule has 0 bridgehead atoms. The number of likely N-dealkylation sites (tertiary alicyclic amines) is 1. The van der Waals surface area contributed by atoms with Crippen LogP contribution in [0.4, 0.5) is 11.5 Å². The van der Waals surface area contributed by atoms with Gasteiger partial charge in [-0.1, -0.05) is 18.2 Å². The number of aromatic nitrogens is 1. The SMILES string of the molecule is COc1ccccc1NC1CCN(CC(=O)Nc2ccccn2)CC1. The number of para-hydroxylation sites is 2. The Hall–Kier alpha value is -2.60. The van der Waals surface area contributed by atoms with E-state index >= 15 is 0 Å². The van der Waals surface area contributed by atoms with E-state index in [0.717, 1.165) is 37.4 Å². The molecule has 2 heterocycles. The monoisotopic (exact) mass is 340 g/mol. The summed E-state index contributed by atoms with van der Waals surface area (Å²) in [6.45, 7) is 2.18. The van der Waals surface area contributed by atoms with Crippen molar-refractivity contribution in [3.63, 3.8) is 0 Å². The largest absolute Gasteiger partial charge is 0.495 e. The smallest absolute Gasteiger partial charge is 0.239 e. The number of hydrogen-bond acceptors (Lipinski definition) is 5. The zero-order valence-electron chi connectivity index (χ0n) is 14.4. The fourth-order valence-corrected chi connectivity index (χ4v) is 3.04. The second-order valence-electron chi connectivity index (χ2n) is 6.16. The Labute approximate surface area is 148 Å². The average Bonchev–Trinajstić information content (AvgIpc) is 2.64. The van der Waals surface area contributed by atoms with Gasteiger partial charge < -0.3 is 15.4 Å². The number of hydrogen-bond donors (Lipinski definition) is 2. The van der Waals surface area contributed by atoms with Crippen LogP contribution in [0.2, 0.25) is 0 Å². The number of amides is 1. The van der Waals surface area contributed by atoms with Gasteiger partial charge in [-0.2, -0.15) is 0 Å². The highest BCUT2D eigenvalue weighted by molar-refractivity contribution is 5.91. The molecule has 132 valence electrons. The Morgan fingerprint density at radius 1 is 1.20 bits per heavy atom. The molecule has 0 aliphatic carbocycles. The quantitative estimate of drug-likeness (QED) is 0.846. The molecule has 1 aromatic heterocycles. The van der Waals surface area contributed by atoms with Crippen LogP contribution in [0.3, 0.4) is 0 Å². The first-order valence-corrected chi connectivity index (χ1v) is 8.57. The van der Waals surface area contributed by atoms with Crippen LogP contribution in [0.25, 0.3) is 0 Å². The molecule has 1 aliphatic heterocycles. The van der Waals surface area contributed by atoms with Crippen molar-refractivity contribution in [3.8, 4) is 5.75 Å². The van der Waals surface area contributed by atoms with Gasteiger partial charge in [0.25, 0.3) is 0 Å². The molecule has 2 N–H and O–H groups in total. The minimum Gasteiger partial charge on any atom is -0.495 e. The molecule has 1 fully saturated rings. The first kappa shape index (κ1) is 17.2. The summed E-state index contributed by atoms with van der Waals surface area (Å²) in [7, 11) is 1.68. The number of anilines is 2. The Balaban J connectivity index is 1.45. The van der Waals surface area contributed by atoms with Crippen molar-refractivity contribution in [2.75, 3.05) is 37.4 Å². The van der Waals surface area contributed by atoms with Crippen molar-refractivity contribution >= 4 is 17.4 Å². The fourth-order valence-electron chi connectivity index (χ4n) is 3.04. The highest BCUT2D eigenvalue weighted by Crippen LogP contribution is 2.26. The molecular formula is C19H24N4O2. The molecule has 3 rings (SSSR count). The number of pyridine rings is 1. The average molecular weight is 340 g/mol. The minimum atomic E-state index is -0.0187. The number of benzene rings is 1. The van der Waals surface area contributed by atoms with E-state index in [2.05, 4.69) is 20.5 Å². The van der Waals surface area contributed by atoms with Gasteiger partial charge in [0.05, 0.1) is 19.3 Å². The van der Waals surface area contributed by atoms with Crippen molar-refractivity contribution in [1.29, 1.82) is 0 Å². The lowest BCUT2D eigenvalue weighted by atomic mass is 10.0. The molecule has 2 aromatic rings. The van der Waals surface area contributed by atoms with Gasteiger partial charge in [-0.15, -0.1) is 0 Å². The van der Waals surface area contributed by atoms with Crippen LogP contribution in [0, 0.1) is 0 Å². The van der Waals surface area contributed by atoms with E-state index in [4.69, 9.17) is 4.74 Å². The normalized spacial score (nSPS) is 15.6. The van der Waals surface area contributed by atoms with Crippen molar-refractivity contribution in [2.24, 2.45) is 0 Å². The van der Waals surface area contributed by atoms with Crippen LogP contribution < -0.4 is 15.4 Å². The van der Waals surface area contributed by atoms with Crippen LogP contribution >= 0.6 is 0 Å². The molecule has 6 nitrogen and oxygen atoms in total. The van der Waals surface area contributed by atoms with Gasteiger partial charge in [0, 0.05) is 25.3 Å². The predicted octanol–water partition coefficient (Wildman–Crippen LogP) is 2.61. The molecule has 0 atom stereocenters. The Morgan fingerprint density at radius 2 is 1.96 bits per heavy atom. The highest BCUT2D eigenvalue weighted by atomic mass is 16.5. The summed E-state index contributed by atoms with van der Waals surface area (Å²) in [5, 5.41) is 6.38. The van der Waals surface area contributed by atoms with Crippen LogP contribution in [0.5, 0.6) is 5.75 Å². The topological polar surface area (TPSA) is 66.5 Å². The number of carbonyl (C=O) groups is 1. The molecule has 1 aliphatic rings. The van der Waals surface area contributed by atoms with E-state index in [1.165, 1.54) is 0 Å². The standard InChI is InChI=1S/C19H24N4O2/c1-25-17-7-3-2-6-16(17)21-15-9-12-23(13-10-15)14-19(24)22-18-8-4-5-11-20-18/h2-8,11,15,21H,9-10,12-14H2,1H3,(H,20,22,24). The van der Waals surface area contributed by atoms with Crippen molar-refractivity contribution < 1.29 is 9.53 Å². The lowest BCUT2D eigenvalue weighted by Crippen LogP contribution is -2.42. The number of piperidine rings is 1. The zero-order valence-corrected chi connectivity index (χ0v) is 14.4. The number of methoxy groups -OCH3 is 1. The first-order chi connectivity index (χ1) is 12.2. The van der Waals surface area contributed by atoms with Crippen molar-refractivity contribution in [3.05, 3.63) is 48.7 Å². The summed E-state index contributed by atoms with van der Waals surface area (Å²) < 4.78 is 5.39. The van der Waals surface area contributed by atoms with Gasteiger partial charge in [-0.25, -0.2) is 4.98 Å². The van der Waals surface area contributed by atoms with E-state index in [-0.39, 0.29) is 5.91 Å². The second-order valence-corrected chi connectivity index (χ2v) is 6.16. The van der Waals surface area contributed by atoms with Gasteiger partial charge in [0.2, 0.25) is 5.91 Å². The van der Waals surface area contributed by atoms with E-state index in [1.54, 1.807) is 19.4 Å². The summed E-state index contributed by atoms with van der Waals surface area (Å²) in [5.41, 5.74) is 1.02. The highest BCUT2D eigenvalue weighted by Gasteiger charge is 2.21. The maximum atomic E-state index is 12.1. The lowest BCUT2D eigenvalue weighted by Gasteiger charge is -2.32. The first-order valence-electron chi connectivity index (χ1n) is 8.57. The number of nitrogens with zero attached hydrogens (tertiary/aromatic N) is 2. The minimum absolute atomic E-state index is 0.0187. The summed E-state index contributed by atoms with van der Waals surface area (Å²) in [6, 6.07) is 13.8. The maximum Gasteiger partial charge on any atom is 0.239 e. The second kappa shape index (κ2) is 8.48. The molecule has 6 heteroatoms. The van der Waals surface area contributed by atoms with Gasteiger partial charge in [0.1, 0.15) is 11.6 Å². The zero-order chi connectivity index (χ0) is 17.5. The molecule has 0 radical (unpaired) electrons. The molecule has 0 saturated carbocycles. The van der Waals surface area contributed by atoms with Crippen LogP contribution in [-0.4, -0.2) is 48.6 Å². The van der Waals surface area contributed by atoms with Crippen molar-refractivity contribution in [1.82, 2.24) is 9.88 Å². The van der Waals surface area contributed by atoms with Gasteiger partial charge >= 0.3 is 0 Å². The Kier molecular flexibility index (Phi) is 5.85. The van der Waals surface area contributed by atoms with E-state index in [9.17, 15) is 4.79 Å². The van der Waals surface area contributed by atoms with E-state index < -0.39 is 0 Å². The summed E-state index contributed by atoms with van der Waals surface area (Å²) in [4.78, 5) is 18.4. The number of rotatable bonds is 6. The van der Waals surface area contributed by atoms with E-state index in [0.29, 0.717) is 18.4 Å². The molecule has 1 amide bonds. The third-order valence-corrected chi connectivity index (χ3v) is 4.35. The third kappa shape index (κ3) is 4.93. The summed E-state index contributed by atoms with van der Waals surface area (Å²) in [5.74, 6) is 1.44. The summed E-state index contributed by atoms with van der Waals surface area (Å²) in [6.07, 6.45) is 3.66. The molecule has 0 spiro atoms. The number of ether oxygens (including phenoxy) is 1. The maximum absolute atomic E-state index is 12.1. The third-order valence-electron chi connectivity index (χ3n) is 4.35. The molecule has 1 aromatic carbocycles. The Bertz CT molecular complexity index is 685. The van der Waals surface area contributed by atoms with Gasteiger partial charge in [-0.05, 0) is 37.1 Å². The van der Waals surface area contributed by atoms with Crippen LogP contribution in [-0.2, 0) is 4.79 Å². The predicted molar refractivity (Wildman–Crippen MR) is 98.9 cm³/mol. The number of nitrogens with one attached hydrogen (secondary N) is 2. The van der Waals surface area contributed by atoms with Crippen LogP contribution in [0.15, 0.2) is 48.7 Å². The van der Waals surface area contributed by atoms with E-state index in [1.807, 2.05) is 36.4 Å². The van der Waals surface area contributed by atoms with Crippen LogP contribution in [0.1, 0.15) is 12.8 Å². The molecule has 1 saturated heterocycles. The van der Waals surface area contributed by atoms with Gasteiger partial charge in [0.15, 0.2) is 0 Å². The van der Waals surface area contributed by atoms with Gasteiger partial charge in [-0.3, -0.25) is 9.69 Å². The Morgan fingerprint density at radius 3 is 2.68 bits per heavy atom. The molecule has 25 heavy (non-hydrogen) atoms.